The molecular formula is C12H18OSi. The molecule has 1 rings (SSSR count). The molecule has 0 fully saturated rings. The van der Waals surface area contributed by atoms with Crippen LogP contribution in [0.4, 0.5) is 0 Å². The van der Waals surface area contributed by atoms with Crippen molar-refractivity contribution in [2.24, 2.45) is 0 Å². The molecule has 0 saturated carbocycles. The van der Waals surface area contributed by atoms with Gasteiger partial charge in [-0.15, -0.1) is 0 Å². The van der Waals surface area contributed by atoms with Crippen molar-refractivity contribution in [2.45, 2.75) is 20.3 Å². The van der Waals surface area contributed by atoms with Gasteiger partial charge in [-0.2, -0.15) is 0 Å². The first-order chi connectivity index (χ1) is 6.77. The highest BCUT2D eigenvalue weighted by atomic mass is 28.1. The maximum atomic E-state index is 5.44. The summed E-state index contributed by atoms with van der Waals surface area (Å²) in [4.78, 5) is 0. The van der Waals surface area contributed by atoms with Gasteiger partial charge in [-0.1, -0.05) is 25.1 Å². The molecule has 1 nitrogen and oxygen atoms in total. The van der Waals surface area contributed by atoms with Crippen molar-refractivity contribution in [2.75, 3.05) is 6.23 Å². The Morgan fingerprint density at radius 3 is 2.50 bits per heavy atom. The first-order valence-electron chi connectivity index (χ1n) is 5.18. The van der Waals surface area contributed by atoms with E-state index in [1.807, 2.05) is 12.1 Å². The molecule has 0 aliphatic rings. The topological polar surface area (TPSA) is 9.23 Å². The van der Waals surface area contributed by atoms with Gasteiger partial charge in [-0.05, 0) is 36.6 Å². The molecule has 0 atom stereocenters. The Hall–Kier alpha value is -1.02. The molecule has 0 amide bonds. The van der Waals surface area contributed by atoms with Gasteiger partial charge in [0.2, 0.25) is 0 Å². The lowest BCUT2D eigenvalue weighted by Crippen LogP contribution is -1.95. The van der Waals surface area contributed by atoms with E-state index in [1.165, 1.54) is 11.1 Å². The van der Waals surface area contributed by atoms with Crippen LogP contribution in [0.5, 0.6) is 5.75 Å². The van der Waals surface area contributed by atoms with Crippen molar-refractivity contribution in [3.63, 3.8) is 0 Å². The van der Waals surface area contributed by atoms with E-state index < -0.39 is 0 Å². The number of benzene rings is 1. The molecule has 2 heteroatoms. The molecule has 0 aliphatic carbocycles. The van der Waals surface area contributed by atoms with Crippen LogP contribution in [-0.2, 0) is 0 Å². The third kappa shape index (κ3) is 3.03. The van der Waals surface area contributed by atoms with Crippen molar-refractivity contribution in [1.82, 2.24) is 0 Å². The van der Waals surface area contributed by atoms with E-state index in [0.29, 0.717) is 0 Å². The average molecular weight is 206 g/mol. The van der Waals surface area contributed by atoms with Gasteiger partial charge in [-0.25, -0.2) is 0 Å². The molecule has 0 unspecified atom stereocenters. The minimum atomic E-state index is 0.864. The van der Waals surface area contributed by atoms with Crippen LogP contribution in [0.1, 0.15) is 25.8 Å². The number of rotatable bonds is 4. The van der Waals surface area contributed by atoms with Crippen molar-refractivity contribution in [3.05, 3.63) is 35.9 Å². The van der Waals surface area contributed by atoms with E-state index in [0.717, 1.165) is 28.6 Å². The van der Waals surface area contributed by atoms with Crippen LogP contribution in [0.3, 0.4) is 0 Å². The second-order valence-electron chi connectivity index (χ2n) is 3.25. The van der Waals surface area contributed by atoms with E-state index in [2.05, 4.69) is 32.1 Å². The van der Waals surface area contributed by atoms with E-state index in [4.69, 9.17) is 4.74 Å². The number of ether oxygens (including phenoxy) is 1. The summed E-state index contributed by atoms with van der Waals surface area (Å²) in [6.45, 7) is 4.30. The molecule has 0 spiro atoms. The average Bonchev–Trinajstić information content (AvgIpc) is 2.20. The SMILES string of the molecule is CC/C=C(/C)c1ccc(OC[SiH3])cc1. The Morgan fingerprint density at radius 1 is 1.36 bits per heavy atom. The zero-order valence-electron chi connectivity index (χ0n) is 9.21. The second kappa shape index (κ2) is 5.65. The summed E-state index contributed by atoms with van der Waals surface area (Å²) in [5, 5.41) is 0. The molecule has 14 heavy (non-hydrogen) atoms. The van der Waals surface area contributed by atoms with Crippen LogP contribution in [0, 0.1) is 0 Å². The van der Waals surface area contributed by atoms with E-state index >= 15 is 0 Å². The van der Waals surface area contributed by atoms with Gasteiger partial charge in [0, 0.05) is 0 Å². The molecule has 0 saturated heterocycles. The highest BCUT2D eigenvalue weighted by Crippen LogP contribution is 2.18. The summed E-state index contributed by atoms with van der Waals surface area (Å²) in [6, 6.07) is 8.32. The summed E-state index contributed by atoms with van der Waals surface area (Å²) in [5.41, 5.74) is 2.62. The summed E-state index contributed by atoms with van der Waals surface area (Å²) in [7, 11) is 1.09. The Kier molecular flexibility index (Phi) is 4.46. The monoisotopic (exact) mass is 206 g/mol. The van der Waals surface area contributed by atoms with Crippen LogP contribution < -0.4 is 4.74 Å². The van der Waals surface area contributed by atoms with Gasteiger partial charge in [0.05, 0.1) is 16.5 Å². The zero-order valence-corrected chi connectivity index (χ0v) is 11.2. The molecule has 0 aromatic heterocycles. The van der Waals surface area contributed by atoms with Gasteiger partial charge in [0.1, 0.15) is 5.75 Å². The minimum absolute atomic E-state index is 0.864. The fraction of sp³-hybridized carbons (Fsp3) is 0.333. The van der Waals surface area contributed by atoms with Crippen LogP contribution in [-0.4, -0.2) is 16.5 Å². The van der Waals surface area contributed by atoms with E-state index in [9.17, 15) is 0 Å². The Labute approximate surface area is 89.2 Å². The maximum absolute atomic E-state index is 5.44. The highest BCUT2D eigenvalue weighted by molar-refractivity contribution is 6.08. The zero-order chi connectivity index (χ0) is 10.4. The normalized spacial score (nSPS) is 11.7. The summed E-state index contributed by atoms with van der Waals surface area (Å²) in [6.07, 6.45) is 4.19. The largest absolute Gasteiger partial charge is 0.498 e. The molecule has 1 aromatic rings. The molecule has 76 valence electrons. The highest BCUT2D eigenvalue weighted by Gasteiger charge is 1.95. The fourth-order valence-electron chi connectivity index (χ4n) is 1.40. The third-order valence-corrected chi connectivity index (χ3v) is 2.42. The molecule has 1 aromatic carbocycles. The quantitative estimate of drug-likeness (QED) is 0.686. The molecule has 0 N–H and O–H groups in total. The maximum Gasteiger partial charge on any atom is 0.118 e. The Bertz CT molecular complexity index is 301. The molecule has 0 bridgehead atoms. The molecule has 0 radical (unpaired) electrons. The molecule has 0 aliphatic heterocycles. The molecular weight excluding hydrogens is 188 g/mol. The van der Waals surface area contributed by atoms with Crippen molar-refractivity contribution in [1.29, 1.82) is 0 Å². The van der Waals surface area contributed by atoms with Gasteiger partial charge >= 0.3 is 0 Å². The Morgan fingerprint density at radius 2 is 2.00 bits per heavy atom. The lowest BCUT2D eigenvalue weighted by Gasteiger charge is -2.05. The van der Waals surface area contributed by atoms with E-state index in [1.54, 1.807) is 0 Å². The fourth-order valence-corrected chi connectivity index (χ4v) is 1.74. The molecule has 0 heterocycles. The lowest BCUT2D eigenvalue weighted by molar-refractivity contribution is 0.387. The van der Waals surface area contributed by atoms with Gasteiger partial charge < -0.3 is 4.74 Å². The summed E-state index contributed by atoms with van der Waals surface area (Å²) in [5.74, 6) is 0.980. The third-order valence-electron chi connectivity index (χ3n) is 2.13. The van der Waals surface area contributed by atoms with Crippen LogP contribution in [0.2, 0.25) is 0 Å². The van der Waals surface area contributed by atoms with Gasteiger partial charge in [-0.3, -0.25) is 0 Å². The standard InChI is InChI=1S/C12H18OSi/c1-3-4-10(2)11-5-7-12(8-6-11)13-9-14/h4-8H,3,9H2,1-2,14H3/b10-4-. The predicted octanol–water partition coefficient (Wildman–Crippen LogP) is 2.20. The summed E-state index contributed by atoms with van der Waals surface area (Å²) < 4.78 is 5.44. The number of hydrogen-bond donors (Lipinski definition) is 0. The smallest absolute Gasteiger partial charge is 0.118 e. The number of allylic oxidation sites excluding steroid dienone is 2. The van der Waals surface area contributed by atoms with Crippen molar-refractivity contribution < 1.29 is 4.74 Å². The van der Waals surface area contributed by atoms with Crippen LogP contribution >= 0.6 is 0 Å². The van der Waals surface area contributed by atoms with Crippen molar-refractivity contribution in [3.8, 4) is 5.75 Å². The number of hydrogen-bond acceptors (Lipinski definition) is 1. The van der Waals surface area contributed by atoms with Gasteiger partial charge in [0.25, 0.3) is 0 Å². The summed E-state index contributed by atoms with van der Waals surface area (Å²) >= 11 is 0. The first-order valence-corrected chi connectivity index (χ1v) is 6.59. The minimum Gasteiger partial charge on any atom is -0.498 e. The van der Waals surface area contributed by atoms with Crippen LogP contribution in [0.25, 0.3) is 5.57 Å². The van der Waals surface area contributed by atoms with Gasteiger partial charge in [0.15, 0.2) is 0 Å². The Balaban J connectivity index is 2.77. The second-order valence-corrected chi connectivity index (χ2v) is 3.83. The first kappa shape index (κ1) is 11.1. The van der Waals surface area contributed by atoms with Crippen molar-refractivity contribution >= 4 is 15.8 Å². The predicted molar refractivity (Wildman–Crippen MR) is 65.8 cm³/mol. The van der Waals surface area contributed by atoms with Crippen LogP contribution in [0.15, 0.2) is 30.3 Å². The lowest BCUT2D eigenvalue weighted by atomic mass is 10.1. The van der Waals surface area contributed by atoms with E-state index in [-0.39, 0.29) is 0 Å².